The molecule has 1 heterocycles. The van der Waals surface area contributed by atoms with E-state index >= 15 is 0 Å². The average Bonchev–Trinajstić information content (AvgIpc) is 2.53. The first kappa shape index (κ1) is 15.0. The molecule has 1 atom stereocenters. The van der Waals surface area contributed by atoms with E-state index in [9.17, 15) is 9.90 Å². The number of carbonyl (C=O) groups is 1. The second-order valence-electron chi connectivity index (χ2n) is 4.94. The second-order valence-corrected chi connectivity index (χ2v) is 4.94. The van der Waals surface area contributed by atoms with E-state index in [4.69, 9.17) is 4.74 Å². The van der Waals surface area contributed by atoms with Crippen molar-refractivity contribution < 1.29 is 14.6 Å². The van der Waals surface area contributed by atoms with Gasteiger partial charge in [-0.2, -0.15) is 0 Å². The van der Waals surface area contributed by atoms with Crippen LogP contribution in [0.15, 0.2) is 30.3 Å². The molecule has 2 N–H and O–H groups in total. The molecule has 1 fully saturated rings. The van der Waals surface area contributed by atoms with Gasteiger partial charge in [-0.25, -0.2) is 0 Å². The first-order valence-corrected chi connectivity index (χ1v) is 7.03. The van der Waals surface area contributed by atoms with Gasteiger partial charge >= 0.3 is 0 Å². The molecule has 1 aromatic carbocycles. The predicted octanol–water partition coefficient (Wildman–Crippen LogP) is 0.0384. The highest BCUT2D eigenvalue weighted by molar-refractivity contribution is 5.78. The molecule has 0 spiro atoms. The summed E-state index contributed by atoms with van der Waals surface area (Å²) in [5, 5.41) is 12.5. The van der Waals surface area contributed by atoms with Crippen LogP contribution in [0.2, 0.25) is 0 Å². The molecule has 1 unspecified atom stereocenters. The third-order valence-electron chi connectivity index (χ3n) is 3.45. The topological polar surface area (TPSA) is 61.8 Å². The van der Waals surface area contributed by atoms with Crippen LogP contribution in [-0.2, 0) is 16.0 Å². The van der Waals surface area contributed by atoms with Crippen molar-refractivity contribution in [1.82, 2.24) is 10.2 Å². The van der Waals surface area contributed by atoms with Gasteiger partial charge in [0.05, 0.1) is 26.4 Å². The number of aliphatic hydroxyl groups excluding tert-OH is 1. The monoisotopic (exact) mass is 278 g/mol. The molecule has 0 aromatic heterocycles. The van der Waals surface area contributed by atoms with Crippen molar-refractivity contribution in [3.63, 3.8) is 0 Å². The minimum absolute atomic E-state index is 0.0191. The zero-order valence-corrected chi connectivity index (χ0v) is 11.6. The SMILES string of the molecule is O=C(CNC(CO)Cc1ccccc1)N1CCOCC1. The van der Waals surface area contributed by atoms with Gasteiger partial charge < -0.3 is 20.1 Å². The van der Waals surface area contributed by atoms with Gasteiger partial charge in [0, 0.05) is 19.1 Å². The Balaban J connectivity index is 1.77. The normalized spacial score (nSPS) is 16.9. The smallest absolute Gasteiger partial charge is 0.236 e. The summed E-state index contributed by atoms with van der Waals surface area (Å²) in [5.74, 6) is 0.0693. The molecule has 2 rings (SSSR count). The lowest BCUT2D eigenvalue weighted by molar-refractivity contribution is -0.134. The molecule has 5 nitrogen and oxygen atoms in total. The van der Waals surface area contributed by atoms with Gasteiger partial charge in [-0.3, -0.25) is 4.79 Å². The van der Waals surface area contributed by atoms with Crippen molar-refractivity contribution in [2.75, 3.05) is 39.5 Å². The van der Waals surface area contributed by atoms with Crippen LogP contribution in [0.1, 0.15) is 5.56 Å². The Kier molecular flexibility index (Phi) is 5.98. The largest absolute Gasteiger partial charge is 0.395 e. The van der Waals surface area contributed by atoms with Crippen molar-refractivity contribution >= 4 is 5.91 Å². The summed E-state index contributed by atoms with van der Waals surface area (Å²) in [7, 11) is 0. The van der Waals surface area contributed by atoms with Gasteiger partial charge in [0.25, 0.3) is 0 Å². The van der Waals surface area contributed by atoms with E-state index in [1.165, 1.54) is 0 Å². The Morgan fingerprint density at radius 2 is 2.00 bits per heavy atom. The maximum atomic E-state index is 12.0. The van der Waals surface area contributed by atoms with E-state index in [1.807, 2.05) is 30.3 Å². The standard InChI is InChI=1S/C15H22N2O3/c18-12-14(10-13-4-2-1-3-5-13)16-11-15(19)17-6-8-20-9-7-17/h1-5,14,16,18H,6-12H2. The fraction of sp³-hybridized carbons (Fsp3) is 0.533. The molecule has 20 heavy (non-hydrogen) atoms. The number of aliphatic hydroxyl groups is 1. The zero-order valence-electron chi connectivity index (χ0n) is 11.6. The molecule has 1 saturated heterocycles. The first-order valence-electron chi connectivity index (χ1n) is 7.03. The number of rotatable bonds is 6. The number of amides is 1. The van der Waals surface area contributed by atoms with Crippen molar-refractivity contribution in [3.05, 3.63) is 35.9 Å². The fourth-order valence-corrected chi connectivity index (χ4v) is 2.26. The number of carbonyl (C=O) groups excluding carboxylic acids is 1. The predicted molar refractivity (Wildman–Crippen MR) is 76.4 cm³/mol. The summed E-state index contributed by atoms with van der Waals surface area (Å²) >= 11 is 0. The number of morpholine rings is 1. The van der Waals surface area contributed by atoms with Gasteiger partial charge in [-0.05, 0) is 12.0 Å². The fourth-order valence-electron chi connectivity index (χ4n) is 2.26. The minimum Gasteiger partial charge on any atom is -0.395 e. The van der Waals surface area contributed by atoms with Crippen molar-refractivity contribution in [2.24, 2.45) is 0 Å². The summed E-state index contributed by atoms with van der Waals surface area (Å²) < 4.78 is 5.22. The van der Waals surface area contributed by atoms with Crippen LogP contribution in [0, 0.1) is 0 Å². The summed E-state index contributed by atoms with van der Waals surface area (Å²) in [6, 6.07) is 9.86. The molecule has 1 aliphatic rings. The van der Waals surface area contributed by atoms with E-state index in [1.54, 1.807) is 4.90 Å². The maximum Gasteiger partial charge on any atom is 0.236 e. The van der Waals surface area contributed by atoms with Gasteiger partial charge in [-0.1, -0.05) is 30.3 Å². The van der Waals surface area contributed by atoms with Crippen LogP contribution in [0.4, 0.5) is 0 Å². The molecule has 1 amide bonds. The van der Waals surface area contributed by atoms with Gasteiger partial charge in [0.15, 0.2) is 0 Å². The molecule has 110 valence electrons. The Hall–Kier alpha value is -1.43. The summed E-state index contributed by atoms with van der Waals surface area (Å²) in [6.07, 6.45) is 0.716. The van der Waals surface area contributed by atoms with Crippen LogP contribution in [0.3, 0.4) is 0 Å². The Bertz CT molecular complexity index is 405. The Morgan fingerprint density at radius 3 is 2.65 bits per heavy atom. The van der Waals surface area contributed by atoms with E-state index in [2.05, 4.69) is 5.32 Å². The lowest BCUT2D eigenvalue weighted by atomic mass is 10.1. The molecule has 1 aliphatic heterocycles. The number of benzene rings is 1. The highest BCUT2D eigenvalue weighted by Crippen LogP contribution is 2.03. The third kappa shape index (κ3) is 4.59. The molecular formula is C15H22N2O3. The third-order valence-corrected chi connectivity index (χ3v) is 3.45. The van der Waals surface area contributed by atoms with Crippen LogP contribution in [0.5, 0.6) is 0 Å². The number of nitrogens with zero attached hydrogens (tertiary/aromatic N) is 1. The number of hydrogen-bond acceptors (Lipinski definition) is 4. The van der Waals surface area contributed by atoms with Gasteiger partial charge in [-0.15, -0.1) is 0 Å². The highest BCUT2D eigenvalue weighted by atomic mass is 16.5. The van der Waals surface area contributed by atoms with Crippen LogP contribution < -0.4 is 5.32 Å². The molecule has 1 aromatic rings. The molecule has 0 saturated carbocycles. The highest BCUT2D eigenvalue weighted by Gasteiger charge is 2.17. The summed E-state index contributed by atoms with van der Waals surface area (Å²) in [6.45, 7) is 2.81. The van der Waals surface area contributed by atoms with Gasteiger partial charge in [0.1, 0.15) is 0 Å². The zero-order chi connectivity index (χ0) is 14.2. The minimum atomic E-state index is -0.0950. The lowest BCUT2D eigenvalue weighted by Gasteiger charge is -2.27. The molecule has 0 bridgehead atoms. The van der Waals surface area contributed by atoms with Crippen LogP contribution >= 0.6 is 0 Å². The Labute approximate surface area is 119 Å². The number of hydrogen-bond donors (Lipinski definition) is 2. The maximum absolute atomic E-state index is 12.0. The lowest BCUT2D eigenvalue weighted by Crippen LogP contribution is -2.47. The molecule has 5 heteroatoms. The average molecular weight is 278 g/mol. The van der Waals surface area contributed by atoms with Crippen molar-refractivity contribution in [3.8, 4) is 0 Å². The molecule has 0 radical (unpaired) electrons. The van der Waals surface area contributed by atoms with E-state index in [0.29, 0.717) is 32.7 Å². The van der Waals surface area contributed by atoms with E-state index in [-0.39, 0.29) is 25.1 Å². The summed E-state index contributed by atoms with van der Waals surface area (Å²) in [5.41, 5.74) is 1.15. The summed E-state index contributed by atoms with van der Waals surface area (Å²) in [4.78, 5) is 13.8. The van der Waals surface area contributed by atoms with Crippen LogP contribution in [0.25, 0.3) is 0 Å². The first-order chi connectivity index (χ1) is 9.79. The Morgan fingerprint density at radius 1 is 1.30 bits per heavy atom. The second kappa shape index (κ2) is 7.99. The number of ether oxygens (including phenoxy) is 1. The molecular weight excluding hydrogens is 256 g/mol. The van der Waals surface area contributed by atoms with Gasteiger partial charge in [0.2, 0.25) is 5.91 Å². The van der Waals surface area contributed by atoms with Crippen molar-refractivity contribution in [1.29, 1.82) is 0 Å². The quantitative estimate of drug-likeness (QED) is 0.771. The van der Waals surface area contributed by atoms with E-state index in [0.717, 1.165) is 5.56 Å². The van der Waals surface area contributed by atoms with Crippen LogP contribution in [-0.4, -0.2) is 61.4 Å². The number of nitrogens with one attached hydrogen (secondary N) is 1. The van der Waals surface area contributed by atoms with E-state index < -0.39 is 0 Å². The van der Waals surface area contributed by atoms with Crippen molar-refractivity contribution in [2.45, 2.75) is 12.5 Å². The molecule has 0 aliphatic carbocycles.